The van der Waals surface area contributed by atoms with Crippen LogP contribution >= 0.6 is 0 Å². The molecule has 6 heteroatoms. The molecule has 1 aromatic rings. The molecule has 0 spiro atoms. The molecule has 0 aromatic carbocycles. The fourth-order valence-electron chi connectivity index (χ4n) is 2.76. The molecule has 2 rings (SSSR count). The summed E-state index contributed by atoms with van der Waals surface area (Å²) in [7, 11) is 1.30. The van der Waals surface area contributed by atoms with Gasteiger partial charge in [-0.25, -0.2) is 14.6 Å². The normalized spacial score (nSPS) is 17.0. The van der Waals surface area contributed by atoms with Gasteiger partial charge in [0, 0.05) is 6.20 Å². The third kappa shape index (κ3) is 3.93. The Bertz CT molecular complexity index is 512. The molecule has 0 radical (unpaired) electrons. The van der Waals surface area contributed by atoms with Crippen molar-refractivity contribution < 1.29 is 19.4 Å². The van der Waals surface area contributed by atoms with Crippen molar-refractivity contribution in [1.82, 2.24) is 4.98 Å². The number of aliphatic carboxylic acids is 1. The van der Waals surface area contributed by atoms with Gasteiger partial charge in [0.25, 0.3) is 0 Å². The lowest BCUT2D eigenvalue weighted by Gasteiger charge is -2.28. The van der Waals surface area contributed by atoms with Crippen LogP contribution in [0, 0.1) is 5.92 Å². The van der Waals surface area contributed by atoms with Crippen molar-refractivity contribution in [2.45, 2.75) is 38.1 Å². The van der Waals surface area contributed by atoms with Crippen LogP contribution in [0.5, 0.6) is 0 Å². The molecule has 0 saturated heterocycles. The number of anilines is 1. The Balaban J connectivity index is 2.13. The summed E-state index contributed by atoms with van der Waals surface area (Å²) in [5.41, 5.74) is 0.350. The lowest BCUT2D eigenvalue weighted by Crippen LogP contribution is -2.38. The number of hydrogen-bond donors (Lipinski definition) is 2. The summed E-state index contributed by atoms with van der Waals surface area (Å²) in [6.45, 7) is 0. The van der Waals surface area contributed by atoms with Crippen molar-refractivity contribution in [3.05, 3.63) is 23.9 Å². The topological polar surface area (TPSA) is 88.5 Å². The lowest BCUT2D eigenvalue weighted by atomic mass is 9.84. The van der Waals surface area contributed by atoms with Gasteiger partial charge in [-0.3, -0.25) is 0 Å². The quantitative estimate of drug-likeness (QED) is 0.810. The largest absolute Gasteiger partial charge is 0.480 e. The van der Waals surface area contributed by atoms with Crippen LogP contribution in [0.1, 0.15) is 42.5 Å². The predicted molar refractivity (Wildman–Crippen MR) is 77.2 cm³/mol. The second-order valence-corrected chi connectivity index (χ2v) is 5.28. The van der Waals surface area contributed by atoms with Crippen molar-refractivity contribution in [3.63, 3.8) is 0 Å². The molecule has 1 heterocycles. The summed E-state index contributed by atoms with van der Waals surface area (Å²) in [6, 6.07) is 2.38. The van der Waals surface area contributed by atoms with Gasteiger partial charge in [0.15, 0.2) is 0 Å². The van der Waals surface area contributed by atoms with Crippen molar-refractivity contribution in [2.24, 2.45) is 5.92 Å². The molecule has 1 aliphatic rings. The summed E-state index contributed by atoms with van der Waals surface area (Å²) in [5, 5.41) is 12.4. The number of carbonyl (C=O) groups excluding carboxylic acids is 1. The van der Waals surface area contributed by atoms with E-state index in [9.17, 15) is 14.7 Å². The smallest absolute Gasteiger partial charge is 0.338 e. The third-order valence-electron chi connectivity index (χ3n) is 3.87. The zero-order valence-corrected chi connectivity index (χ0v) is 12.0. The highest BCUT2D eigenvalue weighted by Crippen LogP contribution is 2.28. The van der Waals surface area contributed by atoms with E-state index in [0.717, 1.165) is 25.7 Å². The van der Waals surface area contributed by atoms with Gasteiger partial charge in [-0.2, -0.15) is 0 Å². The molecule has 1 aliphatic carbocycles. The number of methoxy groups -OCH3 is 1. The van der Waals surface area contributed by atoms with E-state index in [1.165, 1.54) is 31.9 Å². The Kier molecular flexibility index (Phi) is 5.14. The molecule has 1 atom stereocenters. The highest BCUT2D eigenvalue weighted by Gasteiger charge is 2.29. The van der Waals surface area contributed by atoms with Gasteiger partial charge in [-0.05, 0) is 30.9 Å². The first-order valence-electron chi connectivity index (χ1n) is 7.15. The number of hydrogen-bond acceptors (Lipinski definition) is 5. The number of nitrogens with one attached hydrogen (secondary N) is 1. The molecule has 1 saturated carbocycles. The third-order valence-corrected chi connectivity index (χ3v) is 3.87. The standard InChI is InChI=1S/C15H20N2O4/c1-21-15(20)11-7-8-16-12(9-11)17-13(14(18)19)10-5-3-2-4-6-10/h7-10,13H,2-6H2,1H3,(H,16,17)(H,18,19). The summed E-state index contributed by atoms with van der Waals surface area (Å²) in [4.78, 5) is 27.1. The minimum atomic E-state index is -0.882. The Hall–Kier alpha value is -2.11. The molecule has 1 fully saturated rings. The van der Waals surface area contributed by atoms with E-state index in [1.807, 2.05) is 0 Å². The molecule has 0 amide bonds. The first-order chi connectivity index (χ1) is 10.1. The maximum absolute atomic E-state index is 11.5. The summed E-state index contributed by atoms with van der Waals surface area (Å²) < 4.78 is 4.65. The van der Waals surface area contributed by atoms with Gasteiger partial charge in [-0.1, -0.05) is 19.3 Å². The molecule has 1 unspecified atom stereocenters. The highest BCUT2D eigenvalue weighted by atomic mass is 16.5. The number of pyridine rings is 1. The fraction of sp³-hybridized carbons (Fsp3) is 0.533. The number of nitrogens with zero attached hydrogens (tertiary/aromatic N) is 1. The maximum atomic E-state index is 11.5. The Morgan fingerprint density at radius 3 is 2.71 bits per heavy atom. The van der Waals surface area contributed by atoms with Crippen LogP contribution < -0.4 is 5.32 Å². The van der Waals surface area contributed by atoms with E-state index in [0.29, 0.717) is 11.4 Å². The Morgan fingerprint density at radius 2 is 2.10 bits per heavy atom. The van der Waals surface area contributed by atoms with Crippen molar-refractivity contribution in [2.75, 3.05) is 12.4 Å². The molecule has 0 aliphatic heterocycles. The molecular formula is C15H20N2O4. The van der Waals surface area contributed by atoms with Gasteiger partial charge < -0.3 is 15.2 Å². The summed E-state index contributed by atoms with van der Waals surface area (Å²) in [6.07, 6.45) is 6.56. The Morgan fingerprint density at radius 1 is 1.38 bits per heavy atom. The maximum Gasteiger partial charge on any atom is 0.338 e. The van der Waals surface area contributed by atoms with Gasteiger partial charge >= 0.3 is 11.9 Å². The van der Waals surface area contributed by atoms with Crippen LogP contribution in [0.3, 0.4) is 0 Å². The van der Waals surface area contributed by atoms with E-state index >= 15 is 0 Å². The molecule has 0 bridgehead atoms. The zero-order valence-electron chi connectivity index (χ0n) is 12.0. The second kappa shape index (κ2) is 7.06. The van der Waals surface area contributed by atoms with E-state index in [2.05, 4.69) is 15.0 Å². The highest BCUT2D eigenvalue weighted by molar-refractivity contribution is 5.90. The van der Waals surface area contributed by atoms with E-state index in [-0.39, 0.29) is 5.92 Å². The lowest BCUT2D eigenvalue weighted by molar-refractivity contribution is -0.139. The molecule has 1 aromatic heterocycles. The second-order valence-electron chi connectivity index (χ2n) is 5.28. The number of aromatic nitrogens is 1. The van der Waals surface area contributed by atoms with Crippen molar-refractivity contribution in [3.8, 4) is 0 Å². The SMILES string of the molecule is COC(=O)c1ccnc(NC(C(=O)O)C2CCCCC2)c1. The number of ether oxygens (including phenoxy) is 1. The van der Waals surface area contributed by atoms with E-state index < -0.39 is 18.0 Å². The number of carboxylic acid groups (broad SMARTS) is 1. The monoisotopic (exact) mass is 292 g/mol. The summed E-state index contributed by atoms with van der Waals surface area (Å²) in [5.74, 6) is -0.868. The zero-order chi connectivity index (χ0) is 15.2. The van der Waals surface area contributed by atoms with Crippen LogP contribution in [-0.4, -0.2) is 35.2 Å². The molecule has 21 heavy (non-hydrogen) atoms. The van der Waals surface area contributed by atoms with Crippen LogP contribution in [0.25, 0.3) is 0 Å². The minimum absolute atomic E-state index is 0.0971. The van der Waals surface area contributed by atoms with Crippen molar-refractivity contribution in [1.29, 1.82) is 0 Å². The number of carboxylic acids is 1. The number of carbonyl (C=O) groups is 2. The van der Waals surface area contributed by atoms with Crippen LogP contribution in [0.2, 0.25) is 0 Å². The first kappa shape index (κ1) is 15.3. The Labute approximate surface area is 123 Å². The minimum Gasteiger partial charge on any atom is -0.480 e. The molecule has 6 nitrogen and oxygen atoms in total. The van der Waals surface area contributed by atoms with E-state index in [1.54, 1.807) is 0 Å². The van der Waals surface area contributed by atoms with Gasteiger partial charge in [0.2, 0.25) is 0 Å². The van der Waals surface area contributed by atoms with Gasteiger partial charge in [0.05, 0.1) is 12.7 Å². The predicted octanol–water partition coefficient (Wildman–Crippen LogP) is 2.31. The van der Waals surface area contributed by atoms with Crippen molar-refractivity contribution >= 4 is 17.8 Å². The average Bonchev–Trinajstić information content (AvgIpc) is 2.52. The average molecular weight is 292 g/mol. The summed E-state index contributed by atoms with van der Waals surface area (Å²) >= 11 is 0. The molecule has 114 valence electrons. The van der Waals surface area contributed by atoms with Gasteiger partial charge in [0.1, 0.15) is 11.9 Å². The first-order valence-corrected chi connectivity index (χ1v) is 7.15. The number of esters is 1. The van der Waals surface area contributed by atoms with Gasteiger partial charge in [-0.15, -0.1) is 0 Å². The van der Waals surface area contributed by atoms with Crippen LogP contribution in [0.4, 0.5) is 5.82 Å². The van der Waals surface area contributed by atoms with Crippen LogP contribution in [0.15, 0.2) is 18.3 Å². The number of rotatable bonds is 5. The molecular weight excluding hydrogens is 272 g/mol. The van der Waals surface area contributed by atoms with Crippen LogP contribution in [-0.2, 0) is 9.53 Å². The van der Waals surface area contributed by atoms with E-state index in [4.69, 9.17) is 0 Å². The molecule has 2 N–H and O–H groups in total. The fourth-order valence-corrected chi connectivity index (χ4v) is 2.76.